The number of ketones is 1. The average Bonchev–Trinajstić information content (AvgIpc) is 3.25. The second-order valence-electron chi connectivity index (χ2n) is 5.32. The van der Waals surface area contributed by atoms with Crippen molar-refractivity contribution >= 4 is 39.5 Å². The van der Waals surface area contributed by atoms with E-state index in [4.69, 9.17) is 4.74 Å². The van der Waals surface area contributed by atoms with E-state index in [1.165, 1.54) is 25.4 Å². The summed E-state index contributed by atoms with van der Waals surface area (Å²) in [6, 6.07) is 9.04. The molecule has 0 saturated carbocycles. The number of carbonyl (C=O) groups is 2. The summed E-state index contributed by atoms with van der Waals surface area (Å²) in [5.74, 6) is 0.328. The van der Waals surface area contributed by atoms with Gasteiger partial charge >= 0.3 is 0 Å². The third-order valence-corrected chi connectivity index (χ3v) is 5.21. The molecule has 0 unspecified atom stereocenters. The normalized spacial score (nSPS) is 10.5. The number of hydrogen-bond donors (Lipinski definition) is 1. The summed E-state index contributed by atoms with van der Waals surface area (Å²) in [5.41, 5.74) is 2.08. The minimum atomic E-state index is -0.203. The smallest absolute Gasteiger partial charge is 0.230 e. The van der Waals surface area contributed by atoms with Gasteiger partial charge < -0.3 is 10.1 Å². The largest absolute Gasteiger partial charge is 0.496 e. The molecule has 0 bridgehead atoms. The van der Waals surface area contributed by atoms with Crippen LogP contribution in [0.1, 0.15) is 22.8 Å². The molecule has 0 radical (unpaired) electrons. The summed E-state index contributed by atoms with van der Waals surface area (Å²) in [5, 5.41) is 7.26. The van der Waals surface area contributed by atoms with Crippen molar-refractivity contribution in [2.45, 2.75) is 13.3 Å². The molecule has 7 heteroatoms. The van der Waals surface area contributed by atoms with E-state index >= 15 is 0 Å². The van der Waals surface area contributed by atoms with E-state index < -0.39 is 0 Å². The molecular formula is C18H16N2O3S2. The Morgan fingerprint density at radius 2 is 2.08 bits per heavy atom. The molecule has 1 aromatic carbocycles. The first-order valence-corrected chi connectivity index (χ1v) is 9.30. The predicted octanol–water partition coefficient (Wildman–Crippen LogP) is 4.26. The second kappa shape index (κ2) is 7.58. The monoisotopic (exact) mass is 372 g/mol. The van der Waals surface area contributed by atoms with Crippen molar-refractivity contribution < 1.29 is 14.3 Å². The number of carbonyl (C=O) groups excluding carboxylic acids is 2. The number of Topliss-reactive ketones (excluding diaryl/α,β-unsaturated/α-hetero) is 1. The molecular weight excluding hydrogens is 356 g/mol. The fraction of sp³-hybridized carbons (Fsp3) is 0.167. The standard InChI is InChI=1S/C18H16N2O3S2/c1-11(21)12-5-6-15(23-2)13(8-12)9-17(22)20-18-19-14(10-25-18)16-4-3-7-24-16/h3-8,10H,9H2,1-2H3,(H,19,20,22). The van der Waals surface area contributed by atoms with E-state index in [0.29, 0.717) is 22.0 Å². The van der Waals surface area contributed by atoms with Crippen LogP contribution in [0.25, 0.3) is 10.6 Å². The number of benzene rings is 1. The number of nitrogens with zero attached hydrogens (tertiary/aromatic N) is 1. The molecule has 5 nitrogen and oxygen atoms in total. The minimum Gasteiger partial charge on any atom is -0.496 e. The van der Waals surface area contributed by atoms with Crippen LogP contribution < -0.4 is 10.1 Å². The number of nitrogens with one attached hydrogen (secondary N) is 1. The Kier molecular flexibility index (Phi) is 5.25. The summed E-state index contributed by atoms with van der Waals surface area (Å²) < 4.78 is 5.28. The predicted molar refractivity (Wildman–Crippen MR) is 101 cm³/mol. The maximum absolute atomic E-state index is 12.3. The summed E-state index contributed by atoms with van der Waals surface area (Å²) in [6.45, 7) is 1.49. The van der Waals surface area contributed by atoms with Crippen molar-refractivity contribution in [1.82, 2.24) is 4.98 Å². The molecule has 3 aromatic rings. The molecule has 2 heterocycles. The lowest BCUT2D eigenvalue weighted by molar-refractivity contribution is -0.115. The van der Waals surface area contributed by atoms with E-state index in [1.54, 1.807) is 29.5 Å². The molecule has 25 heavy (non-hydrogen) atoms. The fourth-order valence-electron chi connectivity index (χ4n) is 2.34. The number of amides is 1. The number of thiophene rings is 1. The Hall–Kier alpha value is -2.51. The van der Waals surface area contributed by atoms with Crippen LogP contribution in [0.4, 0.5) is 5.13 Å². The first-order valence-electron chi connectivity index (χ1n) is 7.54. The van der Waals surface area contributed by atoms with E-state index in [9.17, 15) is 9.59 Å². The van der Waals surface area contributed by atoms with Gasteiger partial charge in [-0.05, 0) is 36.6 Å². The van der Waals surface area contributed by atoms with Crippen molar-refractivity contribution in [3.63, 3.8) is 0 Å². The zero-order valence-corrected chi connectivity index (χ0v) is 15.4. The second-order valence-corrected chi connectivity index (χ2v) is 7.13. The molecule has 0 atom stereocenters. The summed E-state index contributed by atoms with van der Waals surface area (Å²) in [4.78, 5) is 29.4. The average molecular weight is 372 g/mol. The van der Waals surface area contributed by atoms with Gasteiger partial charge in [0.2, 0.25) is 5.91 Å². The quantitative estimate of drug-likeness (QED) is 0.656. The van der Waals surface area contributed by atoms with Crippen LogP contribution >= 0.6 is 22.7 Å². The molecule has 3 rings (SSSR count). The van der Waals surface area contributed by atoms with Gasteiger partial charge in [0, 0.05) is 16.5 Å². The summed E-state index contributed by atoms with van der Waals surface area (Å²) in [6.07, 6.45) is 0.109. The van der Waals surface area contributed by atoms with Crippen LogP contribution in [0.15, 0.2) is 41.1 Å². The number of thiazole rings is 1. The first-order chi connectivity index (χ1) is 12.1. The highest BCUT2D eigenvalue weighted by molar-refractivity contribution is 7.16. The van der Waals surface area contributed by atoms with Crippen molar-refractivity contribution in [1.29, 1.82) is 0 Å². The van der Waals surface area contributed by atoms with Crippen molar-refractivity contribution in [2.75, 3.05) is 12.4 Å². The van der Waals surface area contributed by atoms with Crippen LogP contribution in [-0.2, 0) is 11.2 Å². The molecule has 0 fully saturated rings. The molecule has 0 aliphatic carbocycles. The van der Waals surface area contributed by atoms with E-state index in [-0.39, 0.29) is 18.1 Å². The Labute approximate surface area is 153 Å². The van der Waals surface area contributed by atoms with Crippen molar-refractivity contribution in [3.05, 3.63) is 52.2 Å². The third-order valence-electron chi connectivity index (χ3n) is 3.56. The maximum Gasteiger partial charge on any atom is 0.230 e. The summed E-state index contributed by atoms with van der Waals surface area (Å²) >= 11 is 2.99. The number of anilines is 1. The zero-order valence-electron chi connectivity index (χ0n) is 13.7. The molecule has 0 saturated heterocycles. The number of hydrogen-bond acceptors (Lipinski definition) is 6. The zero-order chi connectivity index (χ0) is 17.8. The van der Waals surface area contributed by atoms with Crippen LogP contribution in [-0.4, -0.2) is 23.8 Å². The molecule has 0 aliphatic heterocycles. The molecule has 1 amide bonds. The number of methoxy groups -OCH3 is 1. The van der Waals surface area contributed by atoms with Gasteiger partial charge in [-0.2, -0.15) is 0 Å². The molecule has 128 valence electrons. The van der Waals surface area contributed by atoms with Crippen LogP contribution in [0, 0.1) is 0 Å². The molecule has 0 spiro atoms. The Morgan fingerprint density at radius 1 is 1.24 bits per heavy atom. The topological polar surface area (TPSA) is 68.3 Å². The van der Waals surface area contributed by atoms with Crippen molar-refractivity contribution in [3.8, 4) is 16.3 Å². The van der Waals surface area contributed by atoms with Crippen LogP contribution in [0.3, 0.4) is 0 Å². The highest BCUT2D eigenvalue weighted by Gasteiger charge is 2.13. The van der Waals surface area contributed by atoms with Gasteiger partial charge in [0.05, 0.1) is 24.1 Å². The molecule has 2 aromatic heterocycles. The van der Waals surface area contributed by atoms with Gasteiger partial charge in [0.1, 0.15) is 5.75 Å². The first kappa shape index (κ1) is 17.3. The maximum atomic E-state index is 12.3. The van der Waals surface area contributed by atoms with Crippen molar-refractivity contribution in [2.24, 2.45) is 0 Å². The lowest BCUT2D eigenvalue weighted by atomic mass is 10.0. The summed E-state index contributed by atoms with van der Waals surface area (Å²) in [7, 11) is 1.54. The van der Waals surface area contributed by atoms with Crippen LogP contribution in [0.5, 0.6) is 5.75 Å². The highest BCUT2D eigenvalue weighted by Crippen LogP contribution is 2.28. The minimum absolute atomic E-state index is 0.0511. The SMILES string of the molecule is COc1ccc(C(C)=O)cc1CC(=O)Nc1nc(-c2cccs2)cs1. The Morgan fingerprint density at radius 3 is 2.76 bits per heavy atom. The van der Waals surface area contributed by atoms with Gasteiger partial charge in [0.25, 0.3) is 0 Å². The highest BCUT2D eigenvalue weighted by atomic mass is 32.1. The van der Waals surface area contributed by atoms with E-state index in [1.807, 2.05) is 22.9 Å². The van der Waals surface area contributed by atoms with Gasteiger partial charge in [-0.15, -0.1) is 22.7 Å². The Bertz CT molecular complexity index is 901. The van der Waals surface area contributed by atoms with E-state index in [0.717, 1.165) is 10.6 Å². The van der Waals surface area contributed by atoms with Gasteiger partial charge in [-0.25, -0.2) is 4.98 Å². The fourth-order valence-corrected chi connectivity index (χ4v) is 3.83. The molecule has 0 aliphatic rings. The van der Waals surface area contributed by atoms with Gasteiger partial charge in [-0.3, -0.25) is 9.59 Å². The number of aromatic nitrogens is 1. The van der Waals surface area contributed by atoms with Gasteiger partial charge in [0.15, 0.2) is 10.9 Å². The molecule has 1 N–H and O–H groups in total. The number of rotatable bonds is 6. The number of ether oxygens (including phenoxy) is 1. The lowest BCUT2D eigenvalue weighted by Gasteiger charge is -2.09. The third kappa shape index (κ3) is 4.12. The van der Waals surface area contributed by atoms with Gasteiger partial charge in [-0.1, -0.05) is 6.07 Å². The Balaban J connectivity index is 1.72. The van der Waals surface area contributed by atoms with Crippen LogP contribution in [0.2, 0.25) is 0 Å². The lowest BCUT2D eigenvalue weighted by Crippen LogP contribution is -2.15. The van der Waals surface area contributed by atoms with E-state index in [2.05, 4.69) is 10.3 Å².